The van der Waals surface area contributed by atoms with Gasteiger partial charge in [0.2, 0.25) is 5.95 Å². The molecule has 0 aromatic carbocycles. The van der Waals surface area contributed by atoms with Crippen LogP contribution in [0.2, 0.25) is 0 Å². The molecular formula is C12H20N6O. The van der Waals surface area contributed by atoms with Crippen LogP contribution in [0.4, 0.5) is 11.8 Å². The molecule has 0 aliphatic rings. The van der Waals surface area contributed by atoms with Gasteiger partial charge in [0.15, 0.2) is 5.65 Å². The molecule has 7 nitrogen and oxygen atoms in total. The fraction of sp³-hybridized carbons (Fsp3) is 0.583. The van der Waals surface area contributed by atoms with Crippen LogP contribution in [-0.2, 0) is 4.74 Å². The molecule has 104 valence electrons. The Kier molecular flexibility index (Phi) is 4.16. The summed E-state index contributed by atoms with van der Waals surface area (Å²) in [7, 11) is 0. The van der Waals surface area contributed by atoms with E-state index in [1.54, 1.807) is 6.20 Å². The summed E-state index contributed by atoms with van der Waals surface area (Å²) in [6.07, 6.45) is 1.69. The van der Waals surface area contributed by atoms with E-state index in [2.05, 4.69) is 39.3 Å². The van der Waals surface area contributed by atoms with Crippen molar-refractivity contribution in [1.82, 2.24) is 20.2 Å². The Morgan fingerprint density at radius 3 is 2.89 bits per heavy atom. The number of H-pyrrole nitrogens is 1. The molecule has 2 aromatic rings. The molecule has 0 amide bonds. The summed E-state index contributed by atoms with van der Waals surface area (Å²) in [6.45, 7) is 7.56. The first-order valence-corrected chi connectivity index (χ1v) is 6.42. The van der Waals surface area contributed by atoms with E-state index in [4.69, 9.17) is 10.5 Å². The summed E-state index contributed by atoms with van der Waals surface area (Å²) >= 11 is 0. The number of ether oxygens (including phenoxy) is 1. The molecule has 0 saturated carbocycles. The van der Waals surface area contributed by atoms with Crippen molar-refractivity contribution < 1.29 is 4.74 Å². The van der Waals surface area contributed by atoms with E-state index in [0.29, 0.717) is 30.6 Å². The van der Waals surface area contributed by atoms with E-state index in [9.17, 15) is 0 Å². The molecule has 0 radical (unpaired) electrons. The smallest absolute Gasteiger partial charge is 0.224 e. The Morgan fingerprint density at radius 1 is 1.42 bits per heavy atom. The molecule has 0 spiro atoms. The Labute approximate surface area is 112 Å². The molecule has 2 aromatic heterocycles. The first kappa shape index (κ1) is 13.5. The summed E-state index contributed by atoms with van der Waals surface area (Å²) in [4.78, 5) is 8.33. The number of aromatic nitrogens is 4. The SMILES string of the molecule is CCOCC(Nc1nc(N)nc2[nH]ncc12)C(C)C. The lowest BCUT2D eigenvalue weighted by Crippen LogP contribution is -2.31. The third kappa shape index (κ3) is 3.11. The van der Waals surface area contributed by atoms with Crippen molar-refractivity contribution in [2.24, 2.45) is 5.92 Å². The van der Waals surface area contributed by atoms with Gasteiger partial charge in [-0.25, -0.2) is 0 Å². The number of anilines is 2. The van der Waals surface area contributed by atoms with Gasteiger partial charge in [-0.3, -0.25) is 5.10 Å². The zero-order valence-corrected chi connectivity index (χ0v) is 11.5. The van der Waals surface area contributed by atoms with Crippen LogP contribution in [0.3, 0.4) is 0 Å². The van der Waals surface area contributed by atoms with Crippen molar-refractivity contribution in [2.45, 2.75) is 26.8 Å². The minimum Gasteiger partial charge on any atom is -0.380 e. The van der Waals surface area contributed by atoms with Gasteiger partial charge in [0.1, 0.15) is 5.82 Å². The second-order valence-corrected chi connectivity index (χ2v) is 4.72. The summed E-state index contributed by atoms with van der Waals surface area (Å²) in [5.74, 6) is 1.32. The van der Waals surface area contributed by atoms with Crippen LogP contribution in [0.5, 0.6) is 0 Å². The highest BCUT2D eigenvalue weighted by Gasteiger charge is 2.16. The molecule has 2 rings (SSSR count). The zero-order chi connectivity index (χ0) is 13.8. The van der Waals surface area contributed by atoms with Gasteiger partial charge in [0.05, 0.1) is 24.2 Å². The van der Waals surface area contributed by atoms with Gasteiger partial charge in [-0.15, -0.1) is 0 Å². The number of aromatic amines is 1. The number of hydrogen-bond donors (Lipinski definition) is 3. The average molecular weight is 264 g/mol. The lowest BCUT2D eigenvalue weighted by molar-refractivity contribution is 0.126. The van der Waals surface area contributed by atoms with Crippen LogP contribution in [0, 0.1) is 5.92 Å². The summed E-state index contributed by atoms with van der Waals surface area (Å²) in [5.41, 5.74) is 6.33. The number of nitrogens with one attached hydrogen (secondary N) is 2. The van der Waals surface area contributed by atoms with Crippen molar-refractivity contribution in [3.63, 3.8) is 0 Å². The molecule has 2 heterocycles. The first-order valence-electron chi connectivity index (χ1n) is 6.42. The number of hydrogen-bond acceptors (Lipinski definition) is 6. The summed E-state index contributed by atoms with van der Waals surface area (Å²) in [6, 6.07) is 0.160. The Morgan fingerprint density at radius 2 is 2.21 bits per heavy atom. The second-order valence-electron chi connectivity index (χ2n) is 4.72. The lowest BCUT2D eigenvalue weighted by Gasteiger charge is -2.23. The highest BCUT2D eigenvalue weighted by Crippen LogP contribution is 2.21. The van der Waals surface area contributed by atoms with Gasteiger partial charge < -0.3 is 15.8 Å². The number of nitrogens with two attached hydrogens (primary N) is 1. The van der Waals surface area contributed by atoms with E-state index >= 15 is 0 Å². The quantitative estimate of drug-likeness (QED) is 0.729. The lowest BCUT2D eigenvalue weighted by atomic mass is 10.1. The maximum atomic E-state index is 5.69. The zero-order valence-electron chi connectivity index (χ0n) is 11.5. The predicted octanol–water partition coefficient (Wildman–Crippen LogP) is 1.41. The fourth-order valence-electron chi connectivity index (χ4n) is 1.78. The van der Waals surface area contributed by atoms with Gasteiger partial charge in [0.25, 0.3) is 0 Å². The Bertz CT molecular complexity index is 538. The Balaban J connectivity index is 2.25. The van der Waals surface area contributed by atoms with Crippen molar-refractivity contribution in [3.8, 4) is 0 Å². The van der Waals surface area contributed by atoms with Crippen molar-refractivity contribution >= 4 is 22.8 Å². The van der Waals surface area contributed by atoms with E-state index in [1.165, 1.54) is 0 Å². The molecule has 0 saturated heterocycles. The van der Waals surface area contributed by atoms with Crippen LogP contribution in [0.25, 0.3) is 11.0 Å². The van der Waals surface area contributed by atoms with Crippen LogP contribution < -0.4 is 11.1 Å². The van der Waals surface area contributed by atoms with Crippen molar-refractivity contribution in [2.75, 3.05) is 24.3 Å². The highest BCUT2D eigenvalue weighted by atomic mass is 16.5. The molecule has 1 atom stereocenters. The van der Waals surface area contributed by atoms with Crippen LogP contribution >= 0.6 is 0 Å². The molecule has 4 N–H and O–H groups in total. The topological polar surface area (TPSA) is 102 Å². The molecule has 0 bridgehead atoms. The maximum Gasteiger partial charge on any atom is 0.224 e. The third-order valence-electron chi connectivity index (χ3n) is 2.96. The first-order chi connectivity index (χ1) is 9.11. The average Bonchev–Trinajstić information content (AvgIpc) is 2.81. The Hall–Kier alpha value is -1.89. The second kappa shape index (κ2) is 5.83. The normalized spacial score (nSPS) is 13.1. The van der Waals surface area contributed by atoms with Crippen molar-refractivity contribution in [3.05, 3.63) is 6.20 Å². The van der Waals surface area contributed by atoms with Gasteiger partial charge >= 0.3 is 0 Å². The maximum absolute atomic E-state index is 5.69. The van der Waals surface area contributed by atoms with E-state index in [-0.39, 0.29) is 12.0 Å². The molecule has 19 heavy (non-hydrogen) atoms. The molecule has 0 aliphatic heterocycles. The van der Waals surface area contributed by atoms with E-state index in [1.807, 2.05) is 6.92 Å². The monoisotopic (exact) mass is 264 g/mol. The molecular weight excluding hydrogens is 244 g/mol. The van der Waals surface area contributed by atoms with Gasteiger partial charge in [-0.05, 0) is 12.8 Å². The minimum atomic E-state index is 0.160. The molecule has 0 fully saturated rings. The van der Waals surface area contributed by atoms with Gasteiger partial charge in [0, 0.05) is 6.61 Å². The molecule has 1 unspecified atom stereocenters. The van der Waals surface area contributed by atoms with E-state index < -0.39 is 0 Å². The third-order valence-corrected chi connectivity index (χ3v) is 2.96. The van der Waals surface area contributed by atoms with E-state index in [0.717, 1.165) is 5.39 Å². The highest BCUT2D eigenvalue weighted by molar-refractivity contribution is 5.86. The molecule has 0 aliphatic carbocycles. The van der Waals surface area contributed by atoms with Crippen LogP contribution in [0.1, 0.15) is 20.8 Å². The van der Waals surface area contributed by atoms with Crippen LogP contribution in [0.15, 0.2) is 6.20 Å². The largest absolute Gasteiger partial charge is 0.380 e. The number of fused-ring (bicyclic) bond motifs is 1. The fourth-order valence-corrected chi connectivity index (χ4v) is 1.78. The van der Waals surface area contributed by atoms with Crippen molar-refractivity contribution in [1.29, 1.82) is 0 Å². The number of nitrogens with zero attached hydrogens (tertiary/aromatic N) is 3. The van der Waals surface area contributed by atoms with Gasteiger partial charge in [-0.2, -0.15) is 15.1 Å². The minimum absolute atomic E-state index is 0.160. The number of nitrogen functional groups attached to an aromatic ring is 1. The number of rotatable bonds is 6. The standard InChI is InChI=1S/C12H20N6O/c1-4-19-6-9(7(2)3)15-10-8-5-14-18-11(8)17-12(13)16-10/h5,7,9H,4,6H2,1-3H3,(H4,13,14,15,16,17,18). The van der Waals surface area contributed by atoms with Crippen LogP contribution in [-0.4, -0.2) is 39.4 Å². The molecule has 7 heteroatoms. The summed E-state index contributed by atoms with van der Waals surface area (Å²) in [5, 5.41) is 11.0. The van der Waals surface area contributed by atoms with Gasteiger partial charge in [-0.1, -0.05) is 13.8 Å². The predicted molar refractivity (Wildman–Crippen MR) is 74.8 cm³/mol. The summed E-state index contributed by atoms with van der Waals surface area (Å²) < 4.78 is 5.49.